The third-order valence-electron chi connectivity index (χ3n) is 6.42. The third kappa shape index (κ3) is 5.63. The van der Waals surface area contributed by atoms with Gasteiger partial charge in [-0.25, -0.2) is 9.59 Å². The Morgan fingerprint density at radius 3 is 1.29 bits per heavy atom. The van der Waals surface area contributed by atoms with Gasteiger partial charge in [0.1, 0.15) is 0 Å². The number of carbonyl (C=O) groups is 2. The van der Waals surface area contributed by atoms with Crippen molar-refractivity contribution in [1.29, 1.82) is 0 Å². The predicted molar refractivity (Wildman–Crippen MR) is 133 cm³/mol. The average molecular weight is 600 g/mol. The molecule has 0 aliphatic rings. The van der Waals surface area contributed by atoms with Gasteiger partial charge in [-0.1, -0.05) is 30.3 Å². The molecular formula is C29H17F9O4. The molecule has 0 fully saturated rings. The SMILES string of the molecule is COC(=O)c1c(-c2ccc(C(F)(F)F)cc2)c(-c2ccc(C(F)(F)F)cc2)c2cc(C(F)(F)F)ccc2c1C(=O)OC. The van der Waals surface area contributed by atoms with E-state index < -0.39 is 58.3 Å². The van der Waals surface area contributed by atoms with Crippen LogP contribution in [0.5, 0.6) is 0 Å². The Morgan fingerprint density at radius 2 is 0.881 bits per heavy atom. The molecule has 0 heterocycles. The quantitative estimate of drug-likeness (QED) is 0.174. The van der Waals surface area contributed by atoms with Crippen LogP contribution in [0, 0.1) is 0 Å². The number of halogens is 9. The van der Waals surface area contributed by atoms with Crippen LogP contribution in [0.15, 0.2) is 66.7 Å². The second kappa shape index (κ2) is 10.7. The lowest BCUT2D eigenvalue weighted by Crippen LogP contribution is -2.16. The number of esters is 2. The molecule has 4 nitrogen and oxygen atoms in total. The summed E-state index contributed by atoms with van der Waals surface area (Å²) >= 11 is 0. The molecule has 0 bridgehead atoms. The van der Waals surface area contributed by atoms with Gasteiger partial charge in [0, 0.05) is 5.56 Å². The molecular weight excluding hydrogens is 583 g/mol. The van der Waals surface area contributed by atoms with Crippen molar-refractivity contribution in [2.45, 2.75) is 18.5 Å². The van der Waals surface area contributed by atoms with Gasteiger partial charge in [-0.05, 0) is 63.9 Å². The maximum atomic E-state index is 13.8. The molecule has 0 aliphatic carbocycles. The zero-order valence-corrected chi connectivity index (χ0v) is 21.4. The molecule has 0 aliphatic heterocycles. The molecule has 0 saturated heterocycles. The third-order valence-corrected chi connectivity index (χ3v) is 6.42. The number of methoxy groups -OCH3 is 2. The van der Waals surface area contributed by atoms with Crippen LogP contribution >= 0.6 is 0 Å². The Labute approximate surface area is 231 Å². The van der Waals surface area contributed by atoms with Crippen molar-refractivity contribution in [3.8, 4) is 22.3 Å². The summed E-state index contributed by atoms with van der Waals surface area (Å²) in [5.74, 6) is -2.40. The Kier molecular flexibility index (Phi) is 7.74. The summed E-state index contributed by atoms with van der Waals surface area (Å²) < 4.78 is 131. The van der Waals surface area contributed by atoms with E-state index in [1.807, 2.05) is 0 Å². The first-order valence-corrected chi connectivity index (χ1v) is 11.7. The van der Waals surface area contributed by atoms with Crippen LogP contribution in [-0.4, -0.2) is 26.2 Å². The maximum Gasteiger partial charge on any atom is 0.416 e. The maximum absolute atomic E-state index is 13.8. The molecule has 0 N–H and O–H groups in total. The number of hydrogen-bond donors (Lipinski definition) is 0. The van der Waals surface area contributed by atoms with Gasteiger partial charge < -0.3 is 9.47 Å². The molecule has 0 spiro atoms. The highest BCUT2D eigenvalue weighted by atomic mass is 19.4. The lowest BCUT2D eigenvalue weighted by molar-refractivity contribution is -0.138. The Morgan fingerprint density at radius 1 is 0.500 bits per heavy atom. The van der Waals surface area contributed by atoms with Crippen LogP contribution in [0.25, 0.3) is 33.0 Å². The van der Waals surface area contributed by atoms with Gasteiger partial charge in [0.15, 0.2) is 0 Å². The summed E-state index contributed by atoms with van der Waals surface area (Å²) in [6.45, 7) is 0. The van der Waals surface area contributed by atoms with E-state index in [1.54, 1.807) is 0 Å². The number of benzene rings is 4. The molecule has 4 aromatic rings. The summed E-state index contributed by atoms with van der Waals surface area (Å²) in [7, 11) is 1.86. The van der Waals surface area contributed by atoms with Gasteiger partial charge in [0.05, 0.1) is 42.0 Å². The zero-order chi connectivity index (χ0) is 31.2. The van der Waals surface area contributed by atoms with Crippen molar-refractivity contribution < 1.29 is 58.6 Å². The Balaban J connectivity index is 2.28. The fourth-order valence-electron chi connectivity index (χ4n) is 4.53. The predicted octanol–water partition coefficient (Wildman–Crippen LogP) is 8.80. The molecule has 0 radical (unpaired) electrons. The normalized spacial score (nSPS) is 12.4. The van der Waals surface area contributed by atoms with Crippen molar-refractivity contribution in [3.63, 3.8) is 0 Å². The molecule has 0 saturated carbocycles. The molecule has 0 unspecified atom stereocenters. The monoisotopic (exact) mass is 600 g/mol. The van der Waals surface area contributed by atoms with E-state index in [9.17, 15) is 49.1 Å². The molecule has 0 aromatic heterocycles. The molecule has 4 aromatic carbocycles. The largest absolute Gasteiger partial charge is 0.465 e. The topological polar surface area (TPSA) is 52.6 Å². The van der Waals surface area contributed by atoms with Crippen LogP contribution in [0.1, 0.15) is 37.4 Å². The first kappa shape index (κ1) is 30.4. The van der Waals surface area contributed by atoms with Crippen molar-refractivity contribution in [2.24, 2.45) is 0 Å². The molecule has 13 heteroatoms. The van der Waals surface area contributed by atoms with Gasteiger partial charge in [-0.2, -0.15) is 39.5 Å². The van der Waals surface area contributed by atoms with Crippen molar-refractivity contribution in [1.82, 2.24) is 0 Å². The van der Waals surface area contributed by atoms with Gasteiger partial charge in [0.25, 0.3) is 0 Å². The van der Waals surface area contributed by atoms with Crippen molar-refractivity contribution in [3.05, 3.63) is 94.5 Å². The molecule has 4 rings (SSSR count). The van der Waals surface area contributed by atoms with E-state index in [4.69, 9.17) is 9.47 Å². The number of fused-ring (bicyclic) bond motifs is 1. The highest BCUT2D eigenvalue weighted by molar-refractivity contribution is 6.22. The van der Waals surface area contributed by atoms with Crippen LogP contribution < -0.4 is 0 Å². The summed E-state index contributed by atoms with van der Waals surface area (Å²) in [6, 6.07) is 8.43. The van der Waals surface area contributed by atoms with Crippen LogP contribution in [0.2, 0.25) is 0 Å². The zero-order valence-electron chi connectivity index (χ0n) is 21.4. The lowest BCUT2D eigenvalue weighted by atomic mass is 9.82. The second-order valence-electron chi connectivity index (χ2n) is 8.89. The second-order valence-corrected chi connectivity index (χ2v) is 8.89. The number of alkyl halides is 9. The van der Waals surface area contributed by atoms with Gasteiger partial charge in [-0.3, -0.25) is 0 Å². The van der Waals surface area contributed by atoms with Gasteiger partial charge in [0.2, 0.25) is 0 Å². The Bertz CT molecular complexity index is 1670. The summed E-state index contributed by atoms with van der Waals surface area (Å²) in [5, 5.41) is -0.589. The first-order valence-electron chi connectivity index (χ1n) is 11.7. The van der Waals surface area contributed by atoms with E-state index in [0.29, 0.717) is 36.4 Å². The van der Waals surface area contributed by atoms with E-state index in [2.05, 4.69) is 0 Å². The number of rotatable bonds is 4. The van der Waals surface area contributed by atoms with E-state index >= 15 is 0 Å². The smallest absolute Gasteiger partial charge is 0.416 e. The standard InChI is InChI=1S/C29H17F9O4/c1-41-25(39)23-19-12-11-18(29(36,37)38)13-20(19)21(14-3-7-16(8-4-14)27(30,31)32)22(24(23)26(40)42-2)15-5-9-17(10-6-15)28(33,34)35/h3-13H,1-2H3. The minimum absolute atomic E-state index is 0.135. The number of carbonyl (C=O) groups excluding carboxylic acids is 2. The summed E-state index contributed by atoms with van der Waals surface area (Å²) in [4.78, 5) is 26.2. The highest BCUT2D eigenvalue weighted by Crippen LogP contribution is 2.46. The average Bonchev–Trinajstić information content (AvgIpc) is 2.93. The first-order chi connectivity index (χ1) is 19.5. The van der Waals surface area contributed by atoms with Crippen LogP contribution in [0.4, 0.5) is 39.5 Å². The number of ether oxygens (including phenoxy) is 2. The fourth-order valence-corrected chi connectivity index (χ4v) is 4.53. The summed E-state index contributed by atoms with van der Waals surface area (Å²) in [5.41, 5.74) is -5.47. The molecule has 220 valence electrons. The Hall–Kier alpha value is -4.55. The molecule has 0 atom stereocenters. The van der Waals surface area contributed by atoms with Crippen molar-refractivity contribution >= 4 is 22.7 Å². The minimum atomic E-state index is -4.91. The number of hydrogen-bond acceptors (Lipinski definition) is 4. The van der Waals surface area contributed by atoms with E-state index in [-0.39, 0.29) is 33.0 Å². The van der Waals surface area contributed by atoms with Gasteiger partial charge >= 0.3 is 30.5 Å². The minimum Gasteiger partial charge on any atom is -0.465 e. The van der Waals surface area contributed by atoms with Crippen molar-refractivity contribution in [2.75, 3.05) is 14.2 Å². The van der Waals surface area contributed by atoms with Gasteiger partial charge in [-0.15, -0.1) is 0 Å². The highest BCUT2D eigenvalue weighted by Gasteiger charge is 2.36. The summed E-state index contributed by atoms with van der Waals surface area (Å²) in [6.07, 6.45) is -14.5. The molecule has 42 heavy (non-hydrogen) atoms. The lowest BCUT2D eigenvalue weighted by Gasteiger charge is -2.22. The van der Waals surface area contributed by atoms with E-state index in [1.165, 1.54) is 0 Å². The fraction of sp³-hybridized carbons (Fsp3) is 0.172. The molecule has 0 amide bonds. The van der Waals surface area contributed by atoms with Crippen LogP contribution in [0.3, 0.4) is 0 Å². The van der Waals surface area contributed by atoms with Crippen LogP contribution in [-0.2, 0) is 28.0 Å². The van der Waals surface area contributed by atoms with E-state index in [0.717, 1.165) is 44.6 Å².